The van der Waals surface area contributed by atoms with E-state index in [2.05, 4.69) is 9.71 Å². The standard InChI is InChI=1S/C16H19N3O4S2/c20-13-5-1-7-17-15(13)16(21)19-8-2-4-12(11-19)10-18-25(22,23)14-6-3-9-24-14/h1,3,5-7,9,12,18,20H,2,4,8,10-11H2. The minimum absolute atomic E-state index is 0.0262. The number of aromatic nitrogens is 1. The number of hydrogen-bond donors (Lipinski definition) is 2. The molecule has 0 radical (unpaired) electrons. The molecular weight excluding hydrogens is 362 g/mol. The molecule has 0 bridgehead atoms. The Balaban J connectivity index is 1.62. The van der Waals surface area contributed by atoms with E-state index in [1.807, 2.05) is 0 Å². The number of carbonyl (C=O) groups excluding carboxylic acids is 1. The van der Waals surface area contributed by atoms with Crippen LogP contribution < -0.4 is 4.72 Å². The molecule has 0 aromatic carbocycles. The molecule has 1 amide bonds. The Labute approximate surface area is 150 Å². The van der Waals surface area contributed by atoms with Crippen molar-refractivity contribution >= 4 is 27.3 Å². The summed E-state index contributed by atoms with van der Waals surface area (Å²) in [5.41, 5.74) is 0.0299. The zero-order valence-electron chi connectivity index (χ0n) is 13.5. The Morgan fingerprint density at radius 3 is 2.96 bits per heavy atom. The number of carbonyl (C=O) groups is 1. The van der Waals surface area contributed by atoms with Gasteiger partial charge in [-0.3, -0.25) is 4.79 Å². The molecule has 134 valence electrons. The van der Waals surface area contributed by atoms with Gasteiger partial charge < -0.3 is 10.0 Å². The summed E-state index contributed by atoms with van der Waals surface area (Å²) in [4.78, 5) is 18.1. The number of nitrogens with one attached hydrogen (secondary N) is 1. The van der Waals surface area contributed by atoms with Crippen LogP contribution in [0.15, 0.2) is 40.1 Å². The summed E-state index contributed by atoms with van der Waals surface area (Å²) in [6, 6.07) is 6.24. The highest BCUT2D eigenvalue weighted by molar-refractivity contribution is 7.91. The molecular formula is C16H19N3O4S2. The molecule has 1 unspecified atom stereocenters. The predicted molar refractivity (Wildman–Crippen MR) is 94.0 cm³/mol. The van der Waals surface area contributed by atoms with Gasteiger partial charge in [0.2, 0.25) is 10.0 Å². The van der Waals surface area contributed by atoms with Gasteiger partial charge in [0.25, 0.3) is 5.91 Å². The van der Waals surface area contributed by atoms with Crippen LogP contribution in [-0.4, -0.2) is 48.9 Å². The van der Waals surface area contributed by atoms with E-state index in [9.17, 15) is 18.3 Å². The van der Waals surface area contributed by atoms with Crippen molar-refractivity contribution in [2.75, 3.05) is 19.6 Å². The van der Waals surface area contributed by atoms with E-state index in [0.717, 1.165) is 12.8 Å². The number of amides is 1. The summed E-state index contributed by atoms with van der Waals surface area (Å²) in [7, 11) is -3.50. The second-order valence-electron chi connectivity index (χ2n) is 5.91. The molecule has 1 aliphatic rings. The van der Waals surface area contributed by atoms with Gasteiger partial charge >= 0.3 is 0 Å². The summed E-state index contributed by atoms with van der Waals surface area (Å²) in [5, 5.41) is 11.5. The van der Waals surface area contributed by atoms with Crippen LogP contribution in [0, 0.1) is 5.92 Å². The molecule has 0 spiro atoms. The van der Waals surface area contributed by atoms with Crippen molar-refractivity contribution in [3.8, 4) is 5.75 Å². The number of rotatable bonds is 5. The van der Waals surface area contributed by atoms with E-state index in [0.29, 0.717) is 13.1 Å². The number of thiophene rings is 1. The van der Waals surface area contributed by atoms with Crippen molar-refractivity contribution in [2.24, 2.45) is 5.92 Å². The fourth-order valence-corrected chi connectivity index (χ4v) is 5.00. The molecule has 2 aromatic rings. The molecule has 25 heavy (non-hydrogen) atoms. The van der Waals surface area contributed by atoms with Crippen LogP contribution in [0.25, 0.3) is 0 Å². The summed E-state index contributed by atoms with van der Waals surface area (Å²) in [6.07, 6.45) is 3.08. The Morgan fingerprint density at radius 2 is 2.24 bits per heavy atom. The van der Waals surface area contributed by atoms with Crippen molar-refractivity contribution in [3.63, 3.8) is 0 Å². The van der Waals surface area contributed by atoms with Gasteiger partial charge in [0, 0.05) is 25.8 Å². The van der Waals surface area contributed by atoms with Crippen LogP contribution in [0.5, 0.6) is 5.75 Å². The predicted octanol–water partition coefficient (Wildman–Crippen LogP) is 1.68. The second-order valence-corrected chi connectivity index (χ2v) is 8.86. The SMILES string of the molecule is O=C(c1ncccc1O)N1CCCC(CNS(=O)(=O)c2cccs2)C1. The maximum Gasteiger partial charge on any atom is 0.276 e. The van der Waals surface area contributed by atoms with Gasteiger partial charge in [0.1, 0.15) is 9.96 Å². The van der Waals surface area contributed by atoms with E-state index in [1.54, 1.807) is 28.5 Å². The lowest BCUT2D eigenvalue weighted by molar-refractivity contribution is 0.0667. The number of likely N-dealkylation sites (tertiary alicyclic amines) is 1. The van der Waals surface area contributed by atoms with Crippen molar-refractivity contribution in [1.82, 2.24) is 14.6 Å². The molecule has 0 aliphatic carbocycles. The monoisotopic (exact) mass is 381 g/mol. The van der Waals surface area contributed by atoms with Gasteiger partial charge in [-0.05, 0) is 42.3 Å². The largest absolute Gasteiger partial charge is 0.505 e. The minimum atomic E-state index is -3.50. The summed E-state index contributed by atoms with van der Waals surface area (Å²) in [5.74, 6) is -0.449. The first-order valence-corrected chi connectivity index (χ1v) is 10.3. The highest BCUT2D eigenvalue weighted by Crippen LogP contribution is 2.22. The lowest BCUT2D eigenvalue weighted by Crippen LogP contribution is -2.43. The third-order valence-corrected chi connectivity index (χ3v) is 6.94. The fourth-order valence-electron chi connectivity index (χ4n) is 2.84. The molecule has 3 heterocycles. The van der Waals surface area contributed by atoms with Gasteiger partial charge in [-0.15, -0.1) is 11.3 Å². The minimum Gasteiger partial charge on any atom is -0.505 e. The van der Waals surface area contributed by atoms with Crippen LogP contribution >= 0.6 is 11.3 Å². The number of sulfonamides is 1. The molecule has 0 saturated carbocycles. The number of hydrogen-bond acceptors (Lipinski definition) is 6. The molecule has 1 atom stereocenters. The first-order valence-electron chi connectivity index (χ1n) is 7.94. The molecule has 2 aromatic heterocycles. The normalized spacial score (nSPS) is 18.2. The zero-order chi connectivity index (χ0) is 17.9. The van der Waals surface area contributed by atoms with E-state index >= 15 is 0 Å². The quantitative estimate of drug-likeness (QED) is 0.821. The Bertz CT molecular complexity index is 837. The van der Waals surface area contributed by atoms with Crippen LogP contribution in [-0.2, 0) is 10.0 Å². The van der Waals surface area contributed by atoms with Crippen LogP contribution in [0.1, 0.15) is 23.3 Å². The van der Waals surface area contributed by atoms with Gasteiger partial charge in [-0.25, -0.2) is 18.1 Å². The summed E-state index contributed by atoms with van der Waals surface area (Å²) in [6.45, 7) is 1.28. The van der Waals surface area contributed by atoms with Crippen molar-refractivity contribution in [2.45, 2.75) is 17.1 Å². The highest BCUT2D eigenvalue weighted by atomic mass is 32.2. The maximum atomic E-state index is 12.5. The zero-order valence-corrected chi connectivity index (χ0v) is 15.1. The molecule has 9 heteroatoms. The molecule has 1 aliphatic heterocycles. The van der Waals surface area contributed by atoms with E-state index in [1.165, 1.54) is 23.6 Å². The van der Waals surface area contributed by atoms with Gasteiger partial charge in [-0.2, -0.15) is 0 Å². The van der Waals surface area contributed by atoms with Crippen LogP contribution in [0.3, 0.4) is 0 Å². The maximum absolute atomic E-state index is 12.5. The molecule has 1 saturated heterocycles. The Morgan fingerprint density at radius 1 is 1.40 bits per heavy atom. The lowest BCUT2D eigenvalue weighted by atomic mass is 9.98. The topological polar surface area (TPSA) is 99.6 Å². The molecule has 2 N–H and O–H groups in total. The number of nitrogens with zero attached hydrogens (tertiary/aromatic N) is 2. The first-order chi connectivity index (χ1) is 12.0. The molecule has 3 rings (SSSR count). The van der Waals surface area contributed by atoms with Gasteiger partial charge in [-0.1, -0.05) is 6.07 Å². The second kappa shape index (κ2) is 7.51. The Kier molecular flexibility index (Phi) is 5.36. The fraction of sp³-hybridized carbons (Fsp3) is 0.375. The lowest BCUT2D eigenvalue weighted by Gasteiger charge is -2.32. The van der Waals surface area contributed by atoms with E-state index in [-0.39, 0.29) is 34.0 Å². The van der Waals surface area contributed by atoms with Crippen LogP contribution in [0.4, 0.5) is 0 Å². The number of piperidine rings is 1. The van der Waals surface area contributed by atoms with Gasteiger partial charge in [0.05, 0.1) is 0 Å². The van der Waals surface area contributed by atoms with Gasteiger partial charge in [0.15, 0.2) is 5.69 Å². The summed E-state index contributed by atoms with van der Waals surface area (Å²) >= 11 is 1.17. The average Bonchev–Trinajstić information content (AvgIpc) is 3.16. The van der Waals surface area contributed by atoms with E-state index < -0.39 is 10.0 Å². The van der Waals surface area contributed by atoms with Crippen LogP contribution in [0.2, 0.25) is 0 Å². The number of aromatic hydroxyl groups is 1. The van der Waals surface area contributed by atoms with Crippen molar-refractivity contribution in [3.05, 3.63) is 41.5 Å². The first kappa shape index (κ1) is 17.8. The number of pyridine rings is 1. The Hall–Kier alpha value is -1.97. The smallest absolute Gasteiger partial charge is 0.276 e. The highest BCUT2D eigenvalue weighted by Gasteiger charge is 2.27. The molecule has 7 nitrogen and oxygen atoms in total. The third-order valence-electron chi connectivity index (χ3n) is 4.12. The van der Waals surface area contributed by atoms with E-state index in [4.69, 9.17) is 0 Å². The molecule has 1 fully saturated rings. The van der Waals surface area contributed by atoms with Crippen molar-refractivity contribution in [1.29, 1.82) is 0 Å². The third kappa shape index (κ3) is 4.17. The van der Waals surface area contributed by atoms with Crippen molar-refractivity contribution < 1.29 is 18.3 Å². The average molecular weight is 381 g/mol. The summed E-state index contributed by atoms with van der Waals surface area (Å²) < 4.78 is 27.3.